The molecular weight excluding hydrogens is 376 g/mol. The molecule has 2 heterocycles. The van der Waals surface area contributed by atoms with E-state index in [1.165, 1.54) is 11.8 Å². The van der Waals surface area contributed by atoms with Gasteiger partial charge in [-0.05, 0) is 33.6 Å². The maximum atomic E-state index is 12.4. The van der Waals surface area contributed by atoms with Crippen LogP contribution in [-0.2, 0) is 23.9 Å². The minimum atomic E-state index is -1.01. The normalized spacial score (nSPS) is 22.6. The SMILES string of the molecule is CC(OC(=O)CCN1C(=O)C2CCCCC2C1=O)C(=O)Nc1ccnn1C(C)C. The number of rotatable bonds is 7. The van der Waals surface area contributed by atoms with Crippen LogP contribution in [0.5, 0.6) is 0 Å². The Morgan fingerprint density at radius 2 is 1.79 bits per heavy atom. The summed E-state index contributed by atoms with van der Waals surface area (Å²) in [4.78, 5) is 50.5. The molecule has 0 radical (unpaired) electrons. The van der Waals surface area contributed by atoms with Gasteiger partial charge in [0.1, 0.15) is 5.82 Å². The van der Waals surface area contributed by atoms with Crippen LogP contribution in [0.3, 0.4) is 0 Å². The van der Waals surface area contributed by atoms with E-state index in [1.54, 1.807) is 16.9 Å². The van der Waals surface area contributed by atoms with E-state index in [2.05, 4.69) is 10.4 Å². The number of nitrogens with zero attached hydrogens (tertiary/aromatic N) is 3. The highest BCUT2D eigenvalue weighted by Gasteiger charge is 2.47. The van der Waals surface area contributed by atoms with Gasteiger partial charge in [0.05, 0.1) is 24.5 Å². The third-order valence-electron chi connectivity index (χ3n) is 5.56. The monoisotopic (exact) mass is 404 g/mol. The van der Waals surface area contributed by atoms with Crippen LogP contribution >= 0.6 is 0 Å². The molecule has 29 heavy (non-hydrogen) atoms. The van der Waals surface area contributed by atoms with Gasteiger partial charge in [0, 0.05) is 18.7 Å². The number of anilines is 1. The summed E-state index contributed by atoms with van der Waals surface area (Å²) in [5, 5.41) is 6.82. The van der Waals surface area contributed by atoms with E-state index in [-0.39, 0.29) is 42.7 Å². The van der Waals surface area contributed by atoms with E-state index in [9.17, 15) is 19.2 Å². The van der Waals surface area contributed by atoms with Crippen LogP contribution < -0.4 is 5.32 Å². The van der Waals surface area contributed by atoms with Crippen molar-refractivity contribution >= 4 is 29.5 Å². The van der Waals surface area contributed by atoms with Crippen LogP contribution in [0, 0.1) is 11.8 Å². The summed E-state index contributed by atoms with van der Waals surface area (Å²) in [7, 11) is 0. The number of likely N-dealkylation sites (tertiary alicyclic amines) is 1. The third kappa shape index (κ3) is 4.49. The van der Waals surface area contributed by atoms with Crippen LogP contribution in [0.4, 0.5) is 5.82 Å². The molecule has 0 bridgehead atoms. The molecule has 1 aromatic heterocycles. The van der Waals surface area contributed by atoms with Gasteiger partial charge >= 0.3 is 5.97 Å². The number of imide groups is 1. The molecule has 2 fully saturated rings. The number of carbonyl (C=O) groups is 4. The first-order valence-corrected chi connectivity index (χ1v) is 10.2. The van der Waals surface area contributed by atoms with Crippen molar-refractivity contribution in [3.05, 3.63) is 12.3 Å². The van der Waals surface area contributed by atoms with Gasteiger partial charge < -0.3 is 10.1 Å². The quantitative estimate of drug-likeness (QED) is 0.549. The van der Waals surface area contributed by atoms with Gasteiger partial charge in [-0.25, -0.2) is 4.68 Å². The molecule has 1 N–H and O–H groups in total. The van der Waals surface area contributed by atoms with Crippen LogP contribution in [0.25, 0.3) is 0 Å². The van der Waals surface area contributed by atoms with Crippen molar-refractivity contribution in [3.8, 4) is 0 Å². The molecule has 3 atom stereocenters. The Kier molecular flexibility index (Phi) is 6.34. The lowest BCUT2D eigenvalue weighted by Gasteiger charge is -2.19. The molecule has 158 valence electrons. The molecule has 1 aliphatic heterocycles. The average molecular weight is 404 g/mol. The Bertz CT molecular complexity index is 779. The number of esters is 1. The van der Waals surface area contributed by atoms with Gasteiger partial charge in [-0.1, -0.05) is 12.8 Å². The van der Waals surface area contributed by atoms with Crippen LogP contribution in [0.15, 0.2) is 12.3 Å². The smallest absolute Gasteiger partial charge is 0.308 e. The molecule has 9 nitrogen and oxygen atoms in total. The van der Waals surface area contributed by atoms with Gasteiger partial charge in [-0.15, -0.1) is 0 Å². The van der Waals surface area contributed by atoms with Crippen molar-refractivity contribution < 1.29 is 23.9 Å². The van der Waals surface area contributed by atoms with E-state index in [0.717, 1.165) is 25.7 Å². The van der Waals surface area contributed by atoms with Gasteiger partial charge in [-0.3, -0.25) is 24.1 Å². The zero-order valence-electron chi connectivity index (χ0n) is 17.1. The summed E-state index contributed by atoms with van der Waals surface area (Å²) >= 11 is 0. The van der Waals surface area contributed by atoms with Crippen LogP contribution in [0.1, 0.15) is 58.9 Å². The standard InChI is InChI=1S/C20H28N4O5/c1-12(2)24-16(8-10-21-24)22-18(26)13(3)29-17(25)9-11-23-19(27)14-6-4-5-7-15(14)20(23)28/h8,10,12-15H,4-7,9,11H2,1-3H3,(H,22,26). The number of hydrogen-bond acceptors (Lipinski definition) is 6. The Labute approximate surface area is 169 Å². The number of fused-ring (bicyclic) bond motifs is 1. The third-order valence-corrected chi connectivity index (χ3v) is 5.56. The second-order valence-electron chi connectivity index (χ2n) is 7.95. The number of ether oxygens (including phenoxy) is 1. The average Bonchev–Trinajstić information content (AvgIpc) is 3.24. The highest BCUT2D eigenvalue weighted by atomic mass is 16.5. The Balaban J connectivity index is 1.49. The summed E-state index contributed by atoms with van der Waals surface area (Å²) in [5.41, 5.74) is 0. The fraction of sp³-hybridized carbons (Fsp3) is 0.650. The first kappa shape index (κ1) is 21.0. The number of hydrogen-bond donors (Lipinski definition) is 1. The minimum Gasteiger partial charge on any atom is -0.452 e. The molecule has 1 saturated heterocycles. The van der Waals surface area contributed by atoms with Crippen molar-refractivity contribution in [2.45, 2.75) is 65.0 Å². The van der Waals surface area contributed by atoms with Crippen LogP contribution in [0.2, 0.25) is 0 Å². The molecule has 2 aliphatic rings. The molecule has 3 rings (SSSR count). The Morgan fingerprint density at radius 1 is 1.17 bits per heavy atom. The predicted molar refractivity (Wildman–Crippen MR) is 104 cm³/mol. The second-order valence-corrected chi connectivity index (χ2v) is 7.95. The number of aromatic nitrogens is 2. The van der Waals surface area contributed by atoms with E-state index in [4.69, 9.17) is 4.74 Å². The summed E-state index contributed by atoms with van der Waals surface area (Å²) in [6, 6.07) is 1.73. The lowest BCUT2D eigenvalue weighted by Crippen LogP contribution is -2.35. The predicted octanol–water partition coefficient (Wildman–Crippen LogP) is 1.90. The van der Waals surface area contributed by atoms with Gasteiger partial charge in [-0.2, -0.15) is 5.10 Å². The molecule has 0 aromatic carbocycles. The topological polar surface area (TPSA) is 111 Å². The van der Waals surface area contributed by atoms with Crippen molar-refractivity contribution in [2.75, 3.05) is 11.9 Å². The van der Waals surface area contributed by atoms with E-state index < -0.39 is 18.0 Å². The van der Waals surface area contributed by atoms with Crippen molar-refractivity contribution in [3.63, 3.8) is 0 Å². The molecule has 9 heteroatoms. The van der Waals surface area contributed by atoms with Gasteiger partial charge in [0.15, 0.2) is 6.10 Å². The highest BCUT2D eigenvalue weighted by Crippen LogP contribution is 2.37. The van der Waals surface area contributed by atoms with E-state index in [1.807, 2.05) is 13.8 Å². The molecule has 3 amide bonds. The maximum absolute atomic E-state index is 12.4. The molecule has 1 aliphatic carbocycles. The first-order chi connectivity index (χ1) is 13.8. The zero-order chi connectivity index (χ0) is 21.1. The fourth-order valence-corrected chi connectivity index (χ4v) is 4.02. The molecule has 3 unspecified atom stereocenters. The van der Waals surface area contributed by atoms with Gasteiger partial charge in [0.2, 0.25) is 11.8 Å². The fourth-order valence-electron chi connectivity index (χ4n) is 4.02. The van der Waals surface area contributed by atoms with E-state index in [0.29, 0.717) is 5.82 Å². The maximum Gasteiger partial charge on any atom is 0.308 e. The highest BCUT2D eigenvalue weighted by molar-refractivity contribution is 6.05. The summed E-state index contributed by atoms with van der Waals surface area (Å²) in [6.07, 6.45) is 3.83. The Hall–Kier alpha value is -2.71. The molecule has 1 saturated carbocycles. The lowest BCUT2D eigenvalue weighted by atomic mass is 9.81. The first-order valence-electron chi connectivity index (χ1n) is 10.2. The second kappa shape index (κ2) is 8.75. The summed E-state index contributed by atoms with van der Waals surface area (Å²) in [5.74, 6) is -1.41. The van der Waals surface area contributed by atoms with Crippen molar-refractivity contribution in [1.82, 2.24) is 14.7 Å². The Morgan fingerprint density at radius 3 is 2.38 bits per heavy atom. The molecular formula is C20H28N4O5. The molecule has 1 aromatic rings. The lowest BCUT2D eigenvalue weighted by molar-refractivity contribution is -0.154. The largest absolute Gasteiger partial charge is 0.452 e. The van der Waals surface area contributed by atoms with Gasteiger partial charge in [0.25, 0.3) is 5.91 Å². The number of amides is 3. The van der Waals surface area contributed by atoms with Crippen LogP contribution in [-0.4, -0.2) is 51.0 Å². The number of carbonyl (C=O) groups excluding carboxylic acids is 4. The summed E-state index contributed by atoms with van der Waals surface area (Å²) < 4.78 is 6.83. The number of nitrogens with one attached hydrogen (secondary N) is 1. The van der Waals surface area contributed by atoms with Crippen molar-refractivity contribution in [2.24, 2.45) is 11.8 Å². The molecule has 0 spiro atoms. The summed E-state index contributed by atoms with van der Waals surface area (Å²) in [6.45, 7) is 5.34. The minimum absolute atomic E-state index is 0.00202. The zero-order valence-corrected chi connectivity index (χ0v) is 17.1. The van der Waals surface area contributed by atoms with Crippen molar-refractivity contribution in [1.29, 1.82) is 0 Å². The van der Waals surface area contributed by atoms with E-state index >= 15 is 0 Å².